The van der Waals surface area contributed by atoms with Gasteiger partial charge in [-0.25, -0.2) is 4.39 Å². The lowest BCUT2D eigenvalue weighted by Gasteiger charge is -2.45. The van der Waals surface area contributed by atoms with Crippen LogP contribution in [0.1, 0.15) is 64.2 Å². The molecule has 3 saturated carbocycles. The number of ether oxygens (including phenoxy) is 1. The summed E-state index contributed by atoms with van der Waals surface area (Å²) in [6, 6.07) is 4.16. The first-order chi connectivity index (χ1) is 14.0. The van der Waals surface area contributed by atoms with Gasteiger partial charge in [0, 0.05) is 5.02 Å². The van der Waals surface area contributed by atoms with Crippen molar-refractivity contribution in [3.63, 3.8) is 0 Å². The van der Waals surface area contributed by atoms with Crippen LogP contribution in [0.4, 0.5) is 4.39 Å². The highest BCUT2D eigenvalue weighted by atomic mass is 35.5. The Bertz CT molecular complexity index is 740. The molecule has 0 aromatic heterocycles. The highest BCUT2D eigenvalue weighted by Gasteiger charge is 2.39. The van der Waals surface area contributed by atoms with Crippen LogP contribution in [-0.2, 0) is 4.79 Å². The third-order valence-electron chi connectivity index (χ3n) is 7.90. The summed E-state index contributed by atoms with van der Waals surface area (Å²) >= 11 is 5.76. The highest BCUT2D eigenvalue weighted by molar-refractivity contribution is 6.30. The summed E-state index contributed by atoms with van der Waals surface area (Å²) in [5.41, 5.74) is 0. The van der Waals surface area contributed by atoms with Crippen molar-refractivity contribution in [3.8, 4) is 5.75 Å². The van der Waals surface area contributed by atoms with Crippen molar-refractivity contribution >= 4 is 17.6 Å². The largest absolute Gasteiger partial charge is 0.423 e. The molecular weight excluding hydrogens is 387 g/mol. The van der Waals surface area contributed by atoms with Gasteiger partial charge in [-0.05, 0) is 112 Å². The van der Waals surface area contributed by atoms with E-state index >= 15 is 0 Å². The smallest absolute Gasteiger partial charge is 0.314 e. The maximum absolute atomic E-state index is 13.9. The minimum atomic E-state index is -0.581. The van der Waals surface area contributed by atoms with Gasteiger partial charge >= 0.3 is 5.97 Å². The normalized spacial score (nSPS) is 34.8. The van der Waals surface area contributed by atoms with Crippen molar-refractivity contribution in [3.05, 3.63) is 41.7 Å². The minimum Gasteiger partial charge on any atom is -0.423 e. The molecule has 4 unspecified atom stereocenters. The molecule has 4 rings (SSSR count). The topological polar surface area (TPSA) is 26.3 Å². The summed E-state index contributed by atoms with van der Waals surface area (Å²) in [5, 5.41) is 0.301. The number of allylic oxidation sites excluding steroid dienone is 1. The van der Waals surface area contributed by atoms with Gasteiger partial charge in [-0.2, -0.15) is 0 Å². The molecule has 0 saturated heterocycles. The third kappa shape index (κ3) is 4.87. The zero-order valence-corrected chi connectivity index (χ0v) is 17.9. The Labute approximate surface area is 178 Å². The van der Waals surface area contributed by atoms with E-state index in [1.807, 2.05) is 0 Å². The van der Waals surface area contributed by atoms with Crippen LogP contribution in [0.2, 0.25) is 5.02 Å². The number of hydrogen-bond donors (Lipinski definition) is 0. The van der Waals surface area contributed by atoms with E-state index in [2.05, 4.69) is 12.7 Å². The molecule has 0 aliphatic heterocycles. The molecule has 0 spiro atoms. The van der Waals surface area contributed by atoms with Crippen LogP contribution in [-0.4, -0.2) is 5.97 Å². The number of hydrogen-bond acceptors (Lipinski definition) is 2. The first-order valence-electron chi connectivity index (χ1n) is 11.3. The van der Waals surface area contributed by atoms with Gasteiger partial charge in [-0.1, -0.05) is 17.7 Å². The van der Waals surface area contributed by atoms with Crippen LogP contribution in [0, 0.1) is 41.3 Å². The predicted molar refractivity (Wildman–Crippen MR) is 114 cm³/mol. The lowest BCUT2D eigenvalue weighted by molar-refractivity contribution is -0.140. The Kier molecular flexibility index (Phi) is 6.63. The maximum Gasteiger partial charge on any atom is 0.314 e. The fourth-order valence-electron chi connectivity index (χ4n) is 6.18. The highest BCUT2D eigenvalue weighted by Crippen LogP contribution is 2.49. The van der Waals surface area contributed by atoms with E-state index in [9.17, 15) is 9.18 Å². The number of halogens is 2. The second-order valence-electron chi connectivity index (χ2n) is 9.51. The van der Waals surface area contributed by atoms with Gasteiger partial charge in [0.1, 0.15) is 0 Å². The van der Waals surface area contributed by atoms with Gasteiger partial charge in [0.15, 0.2) is 11.6 Å². The van der Waals surface area contributed by atoms with Crippen molar-refractivity contribution in [1.82, 2.24) is 0 Å². The van der Waals surface area contributed by atoms with Gasteiger partial charge in [-0.3, -0.25) is 4.79 Å². The molecule has 3 aliphatic carbocycles. The van der Waals surface area contributed by atoms with Crippen LogP contribution in [0.15, 0.2) is 30.9 Å². The average Bonchev–Trinajstić information content (AvgIpc) is 2.75. The summed E-state index contributed by atoms with van der Waals surface area (Å²) in [6.07, 6.45) is 14.2. The zero-order valence-electron chi connectivity index (χ0n) is 17.1. The van der Waals surface area contributed by atoms with E-state index in [0.29, 0.717) is 5.02 Å². The lowest BCUT2D eigenvalue weighted by atomic mass is 9.61. The molecule has 0 heterocycles. The number of benzene rings is 1. The second kappa shape index (κ2) is 9.20. The van der Waals surface area contributed by atoms with Crippen molar-refractivity contribution in [1.29, 1.82) is 0 Å². The third-order valence-corrected chi connectivity index (χ3v) is 8.14. The molecule has 3 aliphatic rings. The van der Waals surface area contributed by atoms with E-state index < -0.39 is 5.82 Å². The Morgan fingerprint density at radius 3 is 2.28 bits per heavy atom. The predicted octanol–water partition coefficient (Wildman–Crippen LogP) is 7.21. The van der Waals surface area contributed by atoms with Crippen LogP contribution >= 0.6 is 11.6 Å². The van der Waals surface area contributed by atoms with Crippen molar-refractivity contribution < 1.29 is 13.9 Å². The zero-order chi connectivity index (χ0) is 20.4. The summed E-state index contributed by atoms with van der Waals surface area (Å²) < 4.78 is 19.2. The quantitative estimate of drug-likeness (QED) is 0.293. The van der Waals surface area contributed by atoms with Crippen molar-refractivity contribution in [2.75, 3.05) is 0 Å². The standard InChI is InChI=1S/C25H32ClFO2/c1-2-16-3-4-21-14-20(10-9-19(21)13-16)17-5-7-18(8-6-17)25(28)29-24-12-11-22(26)15-23(24)27/h2,11-12,15-21H,1,3-10,13-14H2. The molecule has 0 N–H and O–H groups in total. The average molecular weight is 419 g/mol. The Morgan fingerprint density at radius 1 is 0.966 bits per heavy atom. The molecule has 0 radical (unpaired) electrons. The van der Waals surface area contributed by atoms with Crippen LogP contribution in [0.3, 0.4) is 0 Å². The van der Waals surface area contributed by atoms with E-state index in [-0.39, 0.29) is 17.6 Å². The molecule has 2 nitrogen and oxygen atoms in total. The van der Waals surface area contributed by atoms with E-state index in [1.165, 1.54) is 50.7 Å². The molecule has 29 heavy (non-hydrogen) atoms. The fourth-order valence-corrected chi connectivity index (χ4v) is 6.34. The molecule has 4 atom stereocenters. The lowest BCUT2D eigenvalue weighted by Crippen LogP contribution is -2.35. The van der Waals surface area contributed by atoms with E-state index in [0.717, 1.165) is 55.3 Å². The Balaban J connectivity index is 1.26. The first kappa shape index (κ1) is 20.9. The monoisotopic (exact) mass is 418 g/mol. The van der Waals surface area contributed by atoms with Crippen molar-refractivity contribution in [2.45, 2.75) is 64.2 Å². The number of esters is 1. The summed E-state index contributed by atoms with van der Waals surface area (Å²) in [4.78, 5) is 12.5. The maximum atomic E-state index is 13.9. The molecule has 158 valence electrons. The second-order valence-corrected chi connectivity index (χ2v) is 9.95. The van der Waals surface area contributed by atoms with Gasteiger partial charge in [0.05, 0.1) is 5.92 Å². The Morgan fingerprint density at radius 2 is 1.59 bits per heavy atom. The van der Waals surface area contributed by atoms with Gasteiger partial charge in [0.2, 0.25) is 0 Å². The molecule has 3 fully saturated rings. The van der Waals surface area contributed by atoms with Gasteiger partial charge in [0.25, 0.3) is 0 Å². The van der Waals surface area contributed by atoms with E-state index in [1.54, 1.807) is 6.07 Å². The molecule has 0 amide bonds. The Hall–Kier alpha value is -1.35. The SMILES string of the molecule is C=CC1CCC2CC(C3CCC(C(=O)Oc4ccc(Cl)cc4F)CC3)CCC2C1. The molecule has 1 aromatic carbocycles. The van der Waals surface area contributed by atoms with Crippen molar-refractivity contribution in [2.24, 2.45) is 35.5 Å². The van der Waals surface area contributed by atoms with Crippen LogP contribution in [0.25, 0.3) is 0 Å². The summed E-state index contributed by atoms with van der Waals surface area (Å²) in [7, 11) is 0. The summed E-state index contributed by atoms with van der Waals surface area (Å²) in [5.74, 6) is 3.10. The fraction of sp³-hybridized carbons (Fsp3) is 0.640. The molecular formula is C25H32ClFO2. The van der Waals surface area contributed by atoms with Crippen LogP contribution < -0.4 is 4.74 Å². The van der Waals surface area contributed by atoms with Gasteiger partial charge < -0.3 is 4.74 Å². The van der Waals surface area contributed by atoms with Gasteiger partial charge in [-0.15, -0.1) is 6.58 Å². The van der Waals surface area contributed by atoms with Crippen LogP contribution in [0.5, 0.6) is 5.75 Å². The number of fused-ring (bicyclic) bond motifs is 1. The summed E-state index contributed by atoms with van der Waals surface area (Å²) in [6.45, 7) is 4.00. The number of carbonyl (C=O) groups is 1. The molecule has 1 aromatic rings. The molecule has 0 bridgehead atoms. The number of carbonyl (C=O) groups excluding carboxylic acids is 1. The minimum absolute atomic E-state index is 0.0185. The number of rotatable bonds is 4. The molecule has 4 heteroatoms. The van der Waals surface area contributed by atoms with E-state index in [4.69, 9.17) is 16.3 Å². The first-order valence-corrected chi connectivity index (χ1v) is 11.7.